The lowest BCUT2D eigenvalue weighted by molar-refractivity contribution is -0.275. The quantitative estimate of drug-likeness (QED) is 0.464. The van der Waals surface area contributed by atoms with Gasteiger partial charge in [0.05, 0.1) is 11.4 Å². The molecule has 0 bridgehead atoms. The molecule has 8 N–H and O–H groups in total. The molecule has 0 saturated carbocycles. The van der Waals surface area contributed by atoms with Crippen molar-refractivity contribution in [3.8, 4) is 11.5 Å². The van der Waals surface area contributed by atoms with Gasteiger partial charge in [0.25, 0.3) is 0 Å². The molecule has 12 heteroatoms. The topological polar surface area (TPSA) is 123 Å². The van der Waals surface area contributed by atoms with Crippen LogP contribution in [0, 0.1) is 0 Å². The Bertz CT molecular complexity index is 686. The number of anilines is 4. The zero-order valence-corrected chi connectivity index (χ0v) is 12.9. The van der Waals surface area contributed by atoms with Gasteiger partial charge in [-0.25, -0.2) is 0 Å². The van der Waals surface area contributed by atoms with E-state index in [2.05, 4.69) is 9.47 Å². The fourth-order valence-corrected chi connectivity index (χ4v) is 1.57. The fraction of sp³-hybridized carbons (Fsp3) is 0.143. The third-order valence-electron chi connectivity index (χ3n) is 2.52. The lowest BCUT2D eigenvalue weighted by atomic mass is 10.2. The summed E-state index contributed by atoms with van der Waals surface area (Å²) in [5.41, 5.74) is 21.3. The van der Waals surface area contributed by atoms with Gasteiger partial charge in [-0.05, 0) is 36.4 Å². The zero-order chi connectivity index (χ0) is 20.1. The van der Waals surface area contributed by atoms with Crippen molar-refractivity contribution >= 4 is 22.7 Å². The van der Waals surface area contributed by atoms with Crippen molar-refractivity contribution < 1.29 is 35.8 Å². The van der Waals surface area contributed by atoms with E-state index in [1.165, 1.54) is 24.3 Å². The van der Waals surface area contributed by atoms with Crippen molar-refractivity contribution in [2.24, 2.45) is 0 Å². The smallest absolute Gasteiger partial charge is 0.404 e. The van der Waals surface area contributed by atoms with Crippen LogP contribution in [0.25, 0.3) is 0 Å². The summed E-state index contributed by atoms with van der Waals surface area (Å²) in [5, 5.41) is 0. The van der Waals surface area contributed by atoms with Crippen LogP contribution in [0.2, 0.25) is 0 Å². The van der Waals surface area contributed by atoms with E-state index in [1.807, 2.05) is 0 Å². The first kappa shape index (κ1) is 20.9. The van der Waals surface area contributed by atoms with Crippen LogP contribution in [0.5, 0.6) is 11.5 Å². The Balaban J connectivity index is 0.000000260. The molecule has 6 nitrogen and oxygen atoms in total. The van der Waals surface area contributed by atoms with Gasteiger partial charge in [-0.15, -0.1) is 26.3 Å². The second kappa shape index (κ2) is 7.80. The second-order valence-corrected chi connectivity index (χ2v) is 4.69. The number of halogens is 6. The number of ether oxygens (including phenoxy) is 2. The molecular weight excluding hydrogens is 370 g/mol. The minimum absolute atomic E-state index is 0.141. The minimum atomic E-state index is -4.73. The molecule has 0 saturated heterocycles. The first-order chi connectivity index (χ1) is 11.8. The molecule has 0 aliphatic heterocycles. The molecule has 0 aromatic heterocycles. The Morgan fingerprint density at radius 2 is 0.885 bits per heavy atom. The van der Waals surface area contributed by atoms with Crippen molar-refractivity contribution in [3.05, 3.63) is 36.4 Å². The number of nitrogens with two attached hydrogens (primary N) is 4. The van der Waals surface area contributed by atoms with Gasteiger partial charge in [-0.2, -0.15) is 0 Å². The molecule has 26 heavy (non-hydrogen) atoms. The Morgan fingerprint density at radius 1 is 0.577 bits per heavy atom. The van der Waals surface area contributed by atoms with E-state index in [1.54, 1.807) is 0 Å². The van der Waals surface area contributed by atoms with Gasteiger partial charge >= 0.3 is 12.7 Å². The predicted molar refractivity (Wildman–Crippen MR) is 83.9 cm³/mol. The van der Waals surface area contributed by atoms with Gasteiger partial charge in [-0.1, -0.05) is 0 Å². The maximum atomic E-state index is 11.7. The fourth-order valence-electron chi connectivity index (χ4n) is 1.57. The van der Waals surface area contributed by atoms with E-state index in [9.17, 15) is 26.3 Å². The van der Waals surface area contributed by atoms with Crippen LogP contribution in [-0.2, 0) is 0 Å². The number of hydrogen-bond acceptors (Lipinski definition) is 6. The molecule has 2 aromatic carbocycles. The molecule has 0 radical (unpaired) electrons. The van der Waals surface area contributed by atoms with Crippen LogP contribution in [0.3, 0.4) is 0 Å². The Labute approximate surface area is 143 Å². The van der Waals surface area contributed by atoms with Crippen LogP contribution < -0.4 is 32.4 Å². The van der Waals surface area contributed by atoms with Crippen LogP contribution >= 0.6 is 0 Å². The minimum Gasteiger partial charge on any atom is -0.404 e. The van der Waals surface area contributed by atoms with E-state index in [4.69, 9.17) is 22.9 Å². The SMILES string of the molecule is Nc1ccc(OC(F)(F)F)c(N)c1.Nc1ccc(OC(F)(F)F)c(N)c1. The number of rotatable bonds is 2. The molecule has 144 valence electrons. The summed E-state index contributed by atoms with van der Waals surface area (Å²) >= 11 is 0. The van der Waals surface area contributed by atoms with E-state index in [-0.39, 0.29) is 22.7 Å². The van der Waals surface area contributed by atoms with Gasteiger partial charge in [0.15, 0.2) is 11.5 Å². The first-order valence-electron chi connectivity index (χ1n) is 6.58. The Hall–Kier alpha value is -3.18. The number of benzene rings is 2. The number of alkyl halides is 6. The van der Waals surface area contributed by atoms with Crippen LogP contribution in [0.15, 0.2) is 36.4 Å². The number of nitrogen functional groups attached to an aromatic ring is 4. The third-order valence-corrected chi connectivity index (χ3v) is 2.52. The molecule has 0 spiro atoms. The summed E-state index contributed by atoms with van der Waals surface area (Å²) in [5.74, 6) is -0.886. The summed E-state index contributed by atoms with van der Waals surface area (Å²) in [6.45, 7) is 0. The maximum Gasteiger partial charge on any atom is 0.573 e. The lowest BCUT2D eigenvalue weighted by Gasteiger charge is -2.10. The van der Waals surface area contributed by atoms with Crippen molar-refractivity contribution in [2.45, 2.75) is 12.7 Å². The monoisotopic (exact) mass is 384 g/mol. The molecule has 0 fully saturated rings. The average molecular weight is 384 g/mol. The third kappa shape index (κ3) is 7.59. The predicted octanol–water partition coefficient (Wildman–Crippen LogP) is 3.50. The van der Waals surface area contributed by atoms with Crippen molar-refractivity contribution in [3.63, 3.8) is 0 Å². The normalized spacial score (nSPS) is 11.3. The summed E-state index contributed by atoms with van der Waals surface area (Å²) in [6.07, 6.45) is -9.46. The Morgan fingerprint density at radius 3 is 1.12 bits per heavy atom. The van der Waals surface area contributed by atoms with Crippen LogP contribution in [0.4, 0.5) is 49.1 Å². The van der Waals surface area contributed by atoms with Gasteiger partial charge in [0, 0.05) is 11.4 Å². The van der Waals surface area contributed by atoms with E-state index < -0.39 is 24.2 Å². The van der Waals surface area contributed by atoms with Crippen molar-refractivity contribution in [1.29, 1.82) is 0 Å². The molecule has 0 aliphatic rings. The average Bonchev–Trinajstić information content (AvgIpc) is 2.43. The van der Waals surface area contributed by atoms with Crippen molar-refractivity contribution in [2.75, 3.05) is 22.9 Å². The van der Waals surface area contributed by atoms with Crippen LogP contribution in [-0.4, -0.2) is 12.7 Å². The molecule has 2 aromatic rings. The molecule has 2 rings (SSSR count). The molecule has 0 amide bonds. The summed E-state index contributed by atoms with van der Waals surface area (Å²) in [6, 6.07) is 7.08. The highest BCUT2D eigenvalue weighted by molar-refractivity contribution is 5.61. The lowest BCUT2D eigenvalue weighted by Crippen LogP contribution is -2.18. The highest BCUT2D eigenvalue weighted by atomic mass is 19.4. The second-order valence-electron chi connectivity index (χ2n) is 4.69. The molecule has 0 aliphatic carbocycles. The number of hydrogen-bond donors (Lipinski definition) is 4. The molecule has 0 heterocycles. The highest BCUT2D eigenvalue weighted by Crippen LogP contribution is 2.30. The molecule has 0 atom stereocenters. The van der Waals surface area contributed by atoms with Crippen LogP contribution in [0.1, 0.15) is 0 Å². The highest BCUT2D eigenvalue weighted by Gasteiger charge is 2.32. The molecule has 0 unspecified atom stereocenters. The van der Waals surface area contributed by atoms with E-state index in [0.717, 1.165) is 12.1 Å². The van der Waals surface area contributed by atoms with Gasteiger partial charge in [-0.3, -0.25) is 0 Å². The van der Waals surface area contributed by atoms with Gasteiger partial charge in [0.1, 0.15) is 0 Å². The van der Waals surface area contributed by atoms with E-state index >= 15 is 0 Å². The first-order valence-corrected chi connectivity index (χ1v) is 6.58. The van der Waals surface area contributed by atoms with Crippen molar-refractivity contribution in [1.82, 2.24) is 0 Å². The summed E-state index contributed by atoms with van der Waals surface area (Å²) in [7, 11) is 0. The largest absolute Gasteiger partial charge is 0.573 e. The standard InChI is InChI=1S/2C7H7F3N2O/c2*8-7(9,10)13-6-2-1-4(11)3-5(6)12/h2*1-3H,11-12H2. The summed E-state index contributed by atoms with van der Waals surface area (Å²) < 4.78 is 77.5. The van der Waals surface area contributed by atoms with Gasteiger partial charge < -0.3 is 32.4 Å². The molecular formula is C14H14F6N4O2. The maximum absolute atomic E-state index is 11.7. The zero-order valence-electron chi connectivity index (χ0n) is 12.9. The van der Waals surface area contributed by atoms with Gasteiger partial charge in [0.2, 0.25) is 0 Å². The van der Waals surface area contributed by atoms with E-state index in [0.29, 0.717) is 0 Å². The Kier molecular flexibility index (Phi) is 6.26. The summed E-state index contributed by atoms with van der Waals surface area (Å²) in [4.78, 5) is 0.